The van der Waals surface area contributed by atoms with Gasteiger partial charge in [-0.25, -0.2) is 18.9 Å². The number of carbonyl (C=O) groups excluding carboxylic acids is 1. The Bertz CT molecular complexity index is 1020. The summed E-state index contributed by atoms with van der Waals surface area (Å²) in [5.41, 5.74) is 1.73. The highest BCUT2D eigenvalue weighted by Gasteiger charge is 2.16. The molecular weight excluding hydrogens is 375 g/mol. The molecule has 29 heavy (non-hydrogen) atoms. The molecule has 0 radical (unpaired) electrons. The fourth-order valence-corrected chi connectivity index (χ4v) is 3.33. The van der Waals surface area contributed by atoms with Crippen molar-refractivity contribution >= 4 is 17.4 Å². The molecule has 0 atom stereocenters. The Morgan fingerprint density at radius 1 is 1.24 bits per heavy atom. The van der Waals surface area contributed by atoms with Crippen molar-refractivity contribution in [1.29, 1.82) is 0 Å². The molecular formula is C20H23FN6O2. The van der Waals surface area contributed by atoms with Gasteiger partial charge in [-0.3, -0.25) is 4.79 Å². The summed E-state index contributed by atoms with van der Waals surface area (Å²) in [4.78, 5) is 23.3. The van der Waals surface area contributed by atoms with Gasteiger partial charge in [0.2, 0.25) is 5.88 Å². The molecule has 152 valence electrons. The number of ether oxygens (including phenoxy) is 1. The maximum absolute atomic E-state index is 13.6. The van der Waals surface area contributed by atoms with Crippen molar-refractivity contribution in [1.82, 2.24) is 24.9 Å². The van der Waals surface area contributed by atoms with E-state index in [2.05, 4.69) is 20.4 Å². The Labute approximate surface area is 167 Å². The molecule has 0 unspecified atom stereocenters. The van der Waals surface area contributed by atoms with E-state index in [0.717, 1.165) is 30.8 Å². The Morgan fingerprint density at radius 2 is 2.14 bits per heavy atom. The summed E-state index contributed by atoms with van der Waals surface area (Å²) in [6.45, 7) is 1.59. The van der Waals surface area contributed by atoms with Crippen molar-refractivity contribution in [2.75, 3.05) is 31.6 Å². The highest BCUT2D eigenvalue weighted by Crippen LogP contribution is 2.20. The van der Waals surface area contributed by atoms with E-state index in [4.69, 9.17) is 4.74 Å². The van der Waals surface area contributed by atoms with E-state index in [0.29, 0.717) is 43.1 Å². The number of aromatic nitrogens is 4. The van der Waals surface area contributed by atoms with Crippen LogP contribution in [-0.2, 0) is 6.42 Å². The number of fused-ring (bicyclic) bond motifs is 2. The molecule has 0 aromatic carbocycles. The molecule has 1 N–H and O–H groups in total. The maximum atomic E-state index is 13.6. The predicted molar refractivity (Wildman–Crippen MR) is 106 cm³/mol. The summed E-state index contributed by atoms with van der Waals surface area (Å²) in [6, 6.07) is 3.36. The average Bonchev–Trinajstić information content (AvgIpc) is 3.14. The topological polar surface area (TPSA) is 84.6 Å². The van der Waals surface area contributed by atoms with Gasteiger partial charge in [0.15, 0.2) is 5.65 Å². The minimum absolute atomic E-state index is 0.225. The van der Waals surface area contributed by atoms with Crippen LogP contribution in [0.15, 0.2) is 30.7 Å². The largest absolute Gasteiger partial charge is 0.477 e. The summed E-state index contributed by atoms with van der Waals surface area (Å²) >= 11 is 0. The molecule has 1 aliphatic heterocycles. The maximum Gasteiger partial charge on any atom is 0.256 e. The van der Waals surface area contributed by atoms with Gasteiger partial charge >= 0.3 is 0 Å². The first-order valence-corrected chi connectivity index (χ1v) is 9.73. The lowest BCUT2D eigenvalue weighted by Gasteiger charge is -2.18. The second-order valence-electron chi connectivity index (χ2n) is 7.07. The van der Waals surface area contributed by atoms with Crippen molar-refractivity contribution in [2.45, 2.75) is 25.7 Å². The van der Waals surface area contributed by atoms with Crippen LogP contribution in [0.1, 0.15) is 35.2 Å². The lowest BCUT2D eigenvalue weighted by molar-refractivity contribution is 0.0953. The zero-order valence-electron chi connectivity index (χ0n) is 16.3. The molecule has 0 saturated heterocycles. The Morgan fingerprint density at radius 3 is 3.03 bits per heavy atom. The Balaban J connectivity index is 1.57. The number of pyridine rings is 1. The first-order valence-electron chi connectivity index (χ1n) is 9.73. The molecule has 2 bridgehead atoms. The number of nitrogens with one attached hydrogen (secondary N) is 1. The molecule has 0 fully saturated rings. The molecule has 4 heterocycles. The Kier molecular flexibility index (Phi) is 5.55. The van der Waals surface area contributed by atoms with E-state index in [1.165, 1.54) is 18.5 Å². The molecule has 8 nitrogen and oxygen atoms in total. The third-order valence-corrected chi connectivity index (χ3v) is 4.92. The zero-order chi connectivity index (χ0) is 20.2. The third-order valence-electron chi connectivity index (χ3n) is 4.92. The fourth-order valence-electron chi connectivity index (χ4n) is 3.33. The molecule has 1 aliphatic rings. The highest BCUT2D eigenvalue weighted by atomic mass is 19.1. The van der Waals surface area contributed by atoms with Gasteiger partial charge in [0.05, 0.1) is 19.0 Å². The predicted octanol–water partition coefficient (Wildman–Crippen LogP) is 2.23. The molecule has 1 amide bonds. The molecule has 0 saturated carbocycles. The number of amides is 1. The quantitative estimate of drug-likeness (QED) is 0.625. The number of anilines is 1. The van der Waals surface area contributed by atoms with Crippen LogP contribution in [0.2, 0.25) is 0 Å². The van der Waals surface area contributed by atoms with Crippen LogP contribution in [-0.4, -0.2) is 52.2 Å². The zero-order valence-corrected chi connectivity index (χ0v) is 16.3. The standard InChI is InChI=1S/C20H23FN6O2/c1-26-8-3-2-5-14-11-15(21)12-23-20(14)29-10-4-7-22-19(28)16-13-24-27-9-6-17(26)25-18(16)27/h6,9,11-13H,2-5,7-8,10H2,1H3,(H,22,28). The van der Waals surface area contributed by atoms with Gasteiger partial charge in [-0.2, -0.15) is 5.10 Å². The lowest BCUT2D eigenvalue weighted by Crippen LogP contribution is -2.26. The third kappa shape index (κ3) is 4.28. The van der Waals surface area contributed by atoms with Crippen molar-refractivity contribution < 1.29 is 13.9 Å². The SMILES string of the molecule is CN1CCCCc2cc(F)cnc2OCCCNC(=O)c2cnn3ccc1nc23. The monoisotopic (exact) mass is 398 g/mol. The van der Waals surface area contributed by atoms with Gasteiger partial charge in [-0.05, 0) is 37.8 Å². The van der Waals surface area contributed by atoms with E-state index in [1.54, 1.807) is 10.7 Å². The van der Waals surface area contributed by atoms with Crippen LogP contribution in [0.4, 0.5) is 10.2 Å². The highest BCUT2D eigenvalue weighted by molar-refractivity contribution is 5.99. The fraction of sp³-hybridized carbons (Fsp3) is 0.400. The number of nitrogens with zero attached hydrogens (tertiary/aromatic N) is 5. The molecule has 3 aromatic heterocycles. The van der Waals surface area contributed by atoms with Crippen LogP contribution in [0.25, 0.3) is 5.65 Å². The van der Waals surface area contributed by atoms with Crippen LogP contribution >= 0.6 is 0 Å². The number of carbonyl (C=O) groups is 1. The average molecular weight is 398 g/mol. The second-order valence-corrected chi connectivity index (χ2v) is 7.07. The van der Waals surface area contributed by atoms with Crippen molar-refractivity contribution in [3.63, 3.8) is 0 Å². The van der Waals surface area contributed by atoms with Gasteiger partial charge in [-0.1, -0.05) is 0 Å². The van der Waals surface area contributed by atoms with E-state index < -0.39 is 0 Å². The van der Waals surface area contributed by atoms with Crippen LogP contribution in [0, 0.1) is 5.82 Å². The van der Waals surface area contributed by atoms with Crippen molar-refractivity contribution in [3.05, 3.63) is 47.7 Å². The van der Waals surface area contributed by atoms with Gasteiger partial charge in [0.25, 0.3) is 5.91 Å². The summed E-state index contributed by atoms with van der Waals surface area (Å²) in [5.74, 6) is 0.642. The number of rotatable bonds is 0. The molecule has 4 rings (SSSR count). The summed E-state index contributed by atoms with van der Waals surface area (Å²) in [7, 11) is 1.96. The molecule has 0 spiro atoms. The van der Waals surface area contributed by atoms with E-state index in [1.807, 2.05) is 18.0 Å². The van der Waals surface area contributed by atoms with Crippen molar-refractivity contribution in [3.8, 4) is 5.88 Å². The van der Waals surface area contributed by atoms with Gasteiger partial charge in [-0.15, -0.1) is 0 Å². The van der Waals surface area contributed by atoms with Crippen LogP contribution in [0.3, 0.4) is 0 Å². The number of hydrogen-bond acceptors (Lipinski definition) is 6. The Hall–Kier alpha value is -3.23. The lowest BCUT2D eigenvalue weighted by atomic mass is 10.1. The van der Waals surface area contributed by atoms with Gasteiger partial charge in [0, 0.05) is 31.9 Å². The number of halogens is 1. The number of aryl methyl sites for hydroxylation is 1. The van der Waals surface area contributed by atoms with Crippen LogP contribution < -0.4 is 15.0 Å². The first kappa shape index (κ1) is 19.1. The van der Waals surface area contributed by atoms with Gasteiger partial charge < -0.3 is 15.0 Å². The minimum Gasteiger partial charge on any atom is -0.477 e. The summed E-state index contributed by atoms with van der Waals surface area (Å²) < 4.78 is 21.0. The van der Waals surface area contributed by atoms with E-state index in [9.17, 15) is 9.18 Å². The minimum atomic E-state index is -0.365. The summed E-state index contributed by atoms with van der Waals surface area (Å²) in [6.07, 6.45) is 7.55. The molecule has 9 heteroatoms. The normalized spacial score (nSPS) is 16.2. The molecule has 3 aromatic rings. The smallest absolute Gasteiger partial charge is 0.256 e. The number of hydrogen-bond donors (Lipinski definition) is 1. The second kappa shape index (κ2) is 8.42. The van der Waals surface area contributed by atoms with E-state index in [-0.39, 0.29) is 11.7 Å². The first-order chi connectivity index (χ1) is 14.1. The van der Waals surface area contributed by atoms with Gasteiger partial charge in [0.1, 0.15) is 17.2 Å². The van der Waals surface area contributed by atoms with Crippen LogP contribution in [0.5, 0.6) is 5.88 Å². The van der Waals surface area contributed by atoms with Crippen molar-refractivity contribution in [2.24, 2.45) is 0 Å². The summed E-state index contributed by atoms with van der Waals surface area (Å²) in [5, 5.41) is 7.08. The van der Waals surface area contributed by atoms with E-state index >= 15 is 0 Å². The molecule has 0 aliphatic carbocycles.